The number of carbonyl (C=O) groups is 2. The zero-order chi connectivity index (χ0) is 28.5. The summed E-state index contributed by atoms with van der Waals surface area (Å²) < 4.78 is 25.4. The summed E-state index contributed by atoms with van der Waals surface area (Å²) in [4.78, 5) is 25.3. The number of benzene rings is 2. The van der Waals surface area contributed by atoms with Gasteiger partial charge in [0.1, 0.15) is 17.4 Å². The summed E-state index contributed by atoms with van der Waals surface area (Å²) >= 11 is 0. The molecule has 3 fully saturated rings. The van der Waals surface area contributed by atoms with Crippen LogP contribution in [0.3, 0.4) is 0 Å². The molecular weight excluding hydrogens is 607 g/mol. The van der Waals surface area contributed by atoms with E-state index in [-0.39, 0.29) is 68.4 Å². The number of hydrogen-bond donors (Lipinski definition) is 0. The van der Waals surface area contributed by atoms with Gasteiger partial charge in [-0.25, -0.2) is 8.78 Å². The summed E-state index contributed by atoms with van der Waals surface area (Å²) in [7, 11) is 0. The van der Waals surface area contributed by atoms with E-state index in [1.54, 1.807) is 24.3 Å². The zero-order valence-electron chi connectivity index (χ0n) is 25.1. The number of rotatable bonds is 5. The van der Waals surface area contributed by atoms with Crippen LogP contribution in [-0.2, 0) is 22.4 Å². The average molecular weight is 650 g/mol. The van der Waals surface area contributed by atoms with E-state index in [1.807, 2.05) is 6.08 Å². The summed E-state index contributed by atoms with van der Waals surface area (Å²) in [6, 6.07) is 12.9. The molecule has 0 saturated heterocycles. The van der Waals surface area contributed by atoms with Gasteiger partial charge in [-0.2, -0.15) is 6.42 Å². The van der Waals surface area contributed by atoms with E-state index >= 15 is 0 Å². The third-order valence-electron chi connectivity index (χ3n) is 11.1. The van der Waals surface area contributed by atoms with Gasteiger partial charge in [0.2, 0.25) is 0 Å². The normalized spacial score (nSPS) is 31.1. The fourth-order valence-electron chi connectivity index (χ4n) is 8.83. The fraction of sp³-hybridized carbons (Fsp3) is 0.528. The van der Waals surface area contributed by atoms with E-state index in [0.29, 0.717) is 48.6 Å². The van der Waals surface area contributed by atoms with E-state index in [4.69, 9.17) is 0 Å². The van der Waals surface area contributed by atoms with Crippen molar-refractivity contribution in [3.05, 3.63) is 89.9 Å². The molecule has 0 N–H and O–H groups in total. The van der Waals surface area contributed by atoms with Gasteiger partial charge in [-0.1, -0.05) is 49.2 Å². The molecule has 222 valence electrons. The van der Waals surface area contributed by atoms with Crippen LogP contribution in [0.15, 0.2) is 60.2 Å². The quantitative estimate of drug-likeness (QED) is 0.326. The Balaban J connectivity index is 0.000000380. The molecule has 0 heterocycles. The molecule has 42 heavy (non-hydrogen) atoms. The second-order valence-electron chi connectivity index (χ2n) is 13.1. The number of fused-ring (bicyclic) bond motifs is 5. The van der Waals surface area contributed by atoms with Gasteiger partial charge < -0.3 is 23.9 Å². The minimum Gasteiger partial charge on any atom is -1.00 e. The van der Waals surface area contributed by atoms with Crippen LogP contribution in [0.2, 0.25) is 0 Å². The molecule has 3 saturated carbocycles. The van der Waals surface area contributed by atoms with Crippen LogP contribution in [0.25, 0.3) is 0 Å². The third kappa shape index (κ3) is 7.12. The van der Waals surface area contributed by atoms with E-state index in [2.05, 4.69) is 20.8 Å². The summed E-state index contributed by atoms with van der Waals surface area (Å²) in [5, 5.41) is 0. The summed E-state index contributed by atoms with van der Waals surface area (Å²) in [5.41, 5.74) is 3.85. The molecule has 2 aromatic carbocycles. The molecule has 6 atom stereocenters. The molecule has 0 bridgehead atoms. The smallest absolute Gasteiger partial charge is 1.00 e. The van der Waals surface area contributed by atoms with Crippen molar-refractivity contribution < 1.29 is 35.4 Å². The van der Waals surface area contributed by atoms with Crippen molar-refractivity contribution in [3.8, 4) is 0 Å². The summed E-state index contributed by atoms with van der Waals surface area (Å²) in [5.74, 6) is 2.51. The van der Waals surface area contributed by atoms with Crippen LogP contribution in [-0.4, -0.2) is 34.6 Å². The molecule has 4 aliphatic carbocycles. The number of ketones is 2. The average Bonchev–Trinajstić information content (AvgIpc) is 3.31. The van der Waals surface area contributed by atoms with Gasteiger partial charge in [-0.05, 0) is 116 Å². The molecular formula is C36H43BrF2MgO2. The van der Waals surface area contributed by atoms with Crippen LogP contribution >= 0.6 is 0 Å². The number of carbonyl (C=O) groups excluding carboxylic acids is 2. The van der Waals surface area contributed by atoms with Crippen LogP contribution in [0.5, 0.6) is 0 Å². The molecule has 6 heteroatoms. The first-order valence-electron chi connectivity index (χ1n) is 15.2. The van der Waals surface area contributed by atoms with E-state index in [0.717, 1.165) is 43.2 Å². The van der Waals surface area contributed by atoms with Crippen LogP contribution in [0, 0.1) is 53.1 Å². The van der Waals surface area contributed by atoms with Gasteiger partial charge in [0.15, 0.2) is 5.78 Å². The Kier molecular flexibility index (Phi) is 12.2. The predicted octanol–water partition coefficient (Wildman–Crippen LogP) is 5.30. The van der Waals surface area contributed by atoms with Crippen molar-refractivity contribution in [3.63, 3.8) is 0 Å². The van der Waals surface area contributed by atoms with Gasteiger partial charge in [0, 0.05) is 18.8 Å². The van der Waals surface area contributed by atoms with Gasteiger partial charge in [0.05, 0.1) is 0 Å². The number of hydrogen-bond acceptors (Lipinski definition) is 2. The Bertz CT molecular complexity index is 1260. The van der Waals surface area contributed by atoms with Crippen molar-refractivity contribution in [2.24, 2.45) is 34.5 Å². The SMILES string of the molecule is C[C@]12CCC(=O)C=C1CCC1C2CC[C@@]2(C)C1CC[C@@H]2C(=O)CCc1ccc(F)cc1.[Br-].[CH2-]Cc1ccc(F)cc1.[Mg+2]. The Morgan fingerprint density at radius 3 is 2.10 bits per heavy atom. The van der Waals surface area contributed by atoms with Gasteiger partial charge >= 0.3 is 23.1 Å². The molecule has 0 radical (unpaired) electrons. The molecule has 4 aliphatic rings. The maximum atomic E-state index is 13.3. The molecule has 0 amide bonds. The number of aryl methyl sites for hydroxylation is 1. The standard InChI is InChI=1S/C28H35FO2.C8H8F.BrH.Mg/c1-27-15-13-21(30)17-19(27)6-9-22-23-10-11-25(28(23,2)16-14-24(22)27)26(31)12-5-18-3-7-20(29)8-4-18;1-2-7-3-5-8(9)6-4-7;;/h3-4,7-8,17,22-25H,5-6,9-16H2,1-2H3;3-6H,1-2H2;1H;/q;-1;;+2/p-1/t22?,23?,24?,25-,27+,28+;;;/m1.../s1. The van der Waals surface area contributed by atoms with Crippen LogP contribution in [0.1, 0.15) is 82.8 Å². The van der Waals surface area contributed by atoms with Gasteiger partial charge in [-0.15, -0.1) is 0 Å². The molecule has 0 aliphatic heterocycles. The van der Waals surface area contributed by atoms with Crippen molar-refractivity contribution in [1.29, 1.82) is 0 Å². The van der Waals surface area contributed by atoms with Gasteiger partial charge in [0.25, 0.3) is 0 Å². The Morgan fingerprint density at radius 2 is 1.48 bits per heavy atom. The van der Waals surface area contributed by atoms with E-state index in [1.165, 1.54) is 49.1 Å². The number of allylic oxidation sites excluding steroid dienone is 1. The second-order valence-corrected chi connectivity index (χ2v) is 13.1. The Hall–Kier alpha value is -1.37. The number of Topliss-reactive ketones (excluding diaryl/α,β-unsaturated/α-hetero) is 1. The van der Waals surface area contributed by atoms with E-state index < -0.39 is 0 Å². The largest absolute Gasteiger partial charge is 2.00 e. The van der Waals surface area contributed by atoms with Crippen molar-refractivity contribution in [2.45, 2.75) is 84.5 Å². The minimum atomic E-state index is -0.223. The first-order chi connectivity index (χ1) is 19.1. The van der Waals surface area contributed by atoms with Gasteiger partial charge in [-0.3, -0.25) is 9.59 Å². The minimum absolute atomic E-state index is 0. The molecule has 6 rings (SSSR count). The maximum absolute atomic E-state index is 13.3. The second kappa shape index (κ2) is 14.6. The topological polar surface area (TPSA) is 34.1 Å². The Labute approximate surface area is 277 Å². The third-order valence-corrected chi connectivity index (χ3v) is 11.1. The maximum Gasteiger partial charge on any atom is 2.00 e. The van der Waals surface area contributed by atoms with Crippen molar-refractivity contribution in [2.75, 3.05) is 0 Å². The molecule has 2 aromatic rings. The zero-order valence-corrected chi connectivity index (χ0v) is 28.1. The summed E-state index contributed by atoms with van der Waals surface area (Å²) in [6.45, 7) is 8.49. The molecule has 3 unspecified atom stereocenters. The predicted molar refractivity (Wildman–Crippen MR) is 161 cm³/mol. The first kappa shape index (κ1) is 35.1. The van der Waals surface area contributed by atoms with Crippen LogP contribution < -0.4 is 17.0 Å². The van der Waals surface area contributed by atoms with E-state index in [9.17, 15) is 18.4 Å². The molecule has 2 nitrogen and oxygen atoms in total. The molecule has 0 aromatic heterocycles. The van der Waals surface area contributed by atoms with Crippen molar-refractivity contribution >= 4 is 34.6 Å². The summed E-state index contributed by atoms with van der Waals surface area (Å²) in [6.07, 6.45) is 12.5. The van der Waals surface area contributed by atoms with Crippen LogP contribution in [0.4, 0.5) is 8.78 Å². The van der Waals surface area contributed by atoms with Crippen molar-refractivity contribution in [1.82, 2.24) is 0 Å². The molecule has 0 spiro atoms. The monoisotopic (exact) mass is 648 g/mol. The first-order valence-corrected chi connectivity index (χ1v) is 15.2. The Morgan fingerprint density at radius 1 is 0.857 bits per heavy atom. The fourth-order valence-corrected chi connectivity index (χ4v) is 8.83. The number of halogens is 3.